The molecule has 0 aromatic rings. The number of hydrogen-bond donors (Lipinski definition) is 0. The van der Waals surface area contributed by atoms with Crippen molar-refractivity contribution in [3.8, 4) is 0 Å². The van der Waals surface area contributed by atoms with Gasteiger partial charge in [-0.15, -0.1) is 11.8 Å². The molecule has 1 nitrogen and oxygen atoms in total. The largest absolute Gasteiger partial charge is 0.363 e. The molecule has 1 aliphatic heterocycles. The van der Waals surface area contributed by atoms with E-state index in [0.717, 1.165) is 12.5 Å². The third-order valence-corrected chi connectivity index (χ3v) is 4.27. The van der Waals surface area contributed by atoms with E-state index in [9.17, 15) is 0 Å². The van der Waals surface area contributed by atoms with Gasteiger partial charge in [-0.05, 0) is 31.6 Å². The van der Waals surface area contributed by atoms with Gasteiger partial charge in [0.2, 0.25) is 0 Å². The maximum Gasteiger partial charge on any atom is 0.113 e. The Morgan fingerprint density at radius 3 is 2.64 bits per heavy atom. The van der Waals surface area contributed by atoms with Crippen LogP contribution in [0.5, 0.6) is 0 Å². The van der Waals surface area contributed by atoms with Gasteiger partial charge in [0.15, 0.2) is 0 Å². The highest BCUT2D eigenvalue weighted by Crippen LogP contribution is 2.45. The van der Waals surface area contributed by atoms with Crippen molar-refractivity contribution in [1.82, 2.24) is 0 Å². The second kappa shape index (κ2) is 2.98. The third kappa shape index (κ3) is 1.57. The van der Waals surface area contributed by atoms with Crippen LogP contribution in [0.1, 0.15) is 32.6 Å². The van der Waals surface area contributed by atoms with Gasteiger partial charge in [-0.25, -0.2) is 0 Å². The maximum atomic E-state index is 5.79. The highest BCUT2D eigenvalue weighted by molar-refractivity contribution is 8.00. The first-order valence-corrected chi connectivity index (χ1v) is 5.57. The highest BCUT2D eigenvalue weighted by Gasteiger charge is 2.38. The summed E-state index contributed by atoms with van der Waals surface area (Å²) in [7, 11) is 0. The predicted octanol–water partition coefficient (Wildman–Crippen LogP) is 2.66. The molecule has 1 heterocycles. The molecule has 1 saturated heterocycles. The van der Waals surface area contributed by atoms with Crippen molar-refractivity contribution < 1.29 is 4.74 Å². The minimum absolute atomic E-state index is 0.270. The van der Waals surface area contributed by atoms with Gasteiger partial charge < -0.3 is 4.74 Å². The summed E-state index contributed by atoms with van der Waals surface area (Å²) >= 11 is 2.05. The van der Waals surface area contributed by atoms with Gasteiger partial charge in [0.1, 0.15) is 4.93 Å². The molecule has 0 aromatic carbocycles. The van der Waals surface area contributed by atoms with Crippen molar-refractivity contribution in [2.24, 2.45) is 5.92 Å². The van der Waals surface area contributed by atoms with Crippen molar-refractivity contribution in [2.75, 3.05) is 12.4 Å². The Kier molecular flexibility index (Phi) is 2.15. The SMILES string of the molecule is CC1CCC2(CC1)OCCS2. The Bertz CT molecular complexity index is 130. The second-order valence-electron chi connectivity index (χ2n) is 3.79. The van der Waals surface area contributed by atoms with Crippen LogP contribution in [-0.2, 0) is 4.74 Å². The van der Waals surface area contributed by atoms with E-state index in [1.807, 2.05) is 11.8 Å². The van der Waals surface area contributed by atoms with E-state index >= 15 is 0 Å². The lowest BCUT2D eigenvalue weighted by molar-refractivity contribution is 0.0146. The minimum Gasteiger partial charge on any atom is -0.363 e. The van der Waals surface area contributed by atoms with Crippen LogP contribution in [-0.4, -0.2) is 17.3 Å². The van der Waals surface area contributed by atoms with Crippen LogP contribution in [0.3, 0.4) is 0 Å². The quantitative estimate of drug-likeness (QED) is 0.555. The molecule has 2 aliphatic rings. The summed E-state index contributed by atoms with van der Waals surface area (Å²) in [5, 5.41) is 0. The molecule has 2 heteroatoms. The van der Waals surface area contributed by atoms with Gasteiger partial charge in [0.25, 0.3) is 0 Å². The van der Waals surface area contributed by atoms with E-state index in [1.165, 1.54) is 31.4 Å². The topological polar surface area (TPSA) is 9.23 Å². The molecule has 0 unspecified atom stereocenters. The number of thioether (sulfide) groups is 1. The van der Waals surface area contributed by atoms with E-state index < -0.39 is 0 Å². The Balaban J connectivity index is 1.94. The van der Waals surface area contributed by atoms with Gasteiger partial charge in [-0.3, -0.25) is 0 Å². The van der Waals surface area contributed by atoms with Crippen LogP contribution in [0, 0.1) is 5.92 Å². The molecule has 1 saturated carbocycles. The lowest BCUT2D eigenvalue weighted by Gasteiger charge is -2.34. The molecular weight excluding hydrogens is 156 g/mol. The lowest BCUT2D eigenvalue weighted by Crippen LogP contribution is -2.29. The summed E-state index contributed by atoms with van der Waals surface area (Å²) in [6, 6.07) is 0. The third-order valence-electron chi connectivity index (χ3n) is 2.85. The van der Waals surface area contributed by atoms with Crippen LogP contribution in [0.25, 0.3) is 0 Å². The van der Waals surface area contributed by atoms with Crippen molar-refractivity contribution >= 4 is 11.8 Å². The molecule has 0 aromatic heterocycles. The van der Waals surface area contributed by atoms with Gasteiger partial charge in [0.05, 0.1) is 6.61 Å². The van der Waals surface area contributed by atoms with Crippen molar-refractivity contribution in [2.45, 2.75) is 37.5 Å². The molecule has 2 fully saturated rings. The van der Waals surface area contributed by atoms with Crippen LogP contribution in [0.4, 0.5) is 0 Å². The number of rotatable bonds is 0. The Morgan fingerprint density at radius 2 is 2.09 bits per heavy atom. The van der Waals surface area contributed by atoms with Gasteiger partial charge in [-0.2, -0.15) is 0 Å². The Labute approximate surface area is 72.9 Å². The monoisotopic (exact) mass is 172 g/mol. The van der Waals surface area contributed by atoms with E-state index in [-0.39, 0.29) is 4.93 Å². The van der Waals surface area contributed by atoms with E-state index in [0.29, 0.717) is 0 Å². The Morgan fingerprint density at radius 1 is 1.36 bits per heavy atom. The zero-order valence-corrected chi connectivity index (χ0v) is 7.95. The van der Waals surface area contributed by atoms with E-state index in [1.54, 1.807) is 0 Å². The summed E-state index contributed by atoms with van der Waals surface area (Å²) in [5.41, 5.74) is 0. The summed E-state index contributed by atoms with van der Waals surface area (Å²) in [4.78, 5) is 0.270. The van der Waals surface area contributed by atoms with E-state index in [4.69, 9.17) is 4.74 Å². The van der Waals surface area contributed by atoms with Gasteiger partial charge in [-0.1, -0.05) is 6.92 Å². The molecule has 0 atom stereocenters. The summed E-state index contributed by atoms with van der Waals surface area (Å²) < 4.78 is 5.79. The first-order valence-electron chi connectivity index (χ1n) is 4.59. The zero-order chi connectivity index (χ0) is 7.73. The van der Waals surface area contributed by atoms with Gasteiger partial charge in [0, 0.05) is 5.75 Å². The smallest absolute Gasteiger partial charge is 0.113 e. The fraction of sp³-hybridized carbons (Fsp3) is 1.00. The molecule has 1 aliphatic carbocycles. The standard InChI is InChI=1S/C9H16OS/c1-8-2-4-9(5-3-8)10-6-7-11-9/h8H,2-7H2,1H3. The molecule has 0 N–H and O–H groups in total. The minimum atomic E-state index is 0.270. The predicted molar refractivity (Wildman–Crippen MR) is 48.8 cm³/mol. The van der Waals surface area contributed by atoms with E-state index in [2.05, 4.69) is 6.92 Å². The van der Waals surface area contributed by atoms with Crippen molar-refractivity contribution in [3.63, 3.8) is 0 Å². The zero-order valence-electron chi connectivity index (χ0n) is 7.14. The molecule has 1 spiro atoms. The second-order valence-corrected chi connectivity index (χ2v) is 5.23. The normalized spacial score (nSPS) is 45.0. The van der Waals surface area contributed by atoms with Crippen LogP contribution >= 0.6 is 11.8 Å². The first kappa shape index (κ1) is 7.93. The summed E-state index contributed by atoms with van der Waals surface area (Å²) in [6.07, 6.45) is 5.32. The Hall–Kier alpha value is 0.310. The highest BCUT2D eigenvalue weighted by atomic mass is 32.2. The number of ether oxygens (including phenoxy) is 1. The van der Waals surface area contributed by atoms with Crippen molar-refractivity contribution in [1.29, 1.82) is 0 Å². The maximum absolute atomic E-state index is 5.79. The fourth-order valence-corrected chi connectivity index (χ4v) is 3.22. The molecule has 64 valence electrons. The first-order chi connectivity index (χ1) is 5.31. The summed E-state index contributed by atoms with van der Waals surface area (Å²) in [5.74, 6) is 2.15. The molecule has 2 rings (SSSR count). The molecule has 11 heavy (non-hydrogen) atoms. The van der Waals surface area contributed by atoms with Crippen LogP contribution in [0.2, 0.25) is 0 Å². The fourth-order valence-electron chi connectivity index (χ4n) is 1.99. The van der Waals surface area contributed by atoms with Crippen molar-refractivity contribution in [3.05, 3.63) is 0 Å². The summed E-state index contributed by atoms with van der Waals surface area (Å²) in [6.45, 7) is 3.34. The average molecular weight is 172 g/mol. The molecule has 0 amide bonds. The number of hydrogen-bond acceptors (Lipinski definition) is 2. The molecule has 0 radical (unpaired) electrons. The average Bonchev–Trinajstić information content (AvgIpc) is 2.45. The lowest BCUT2D eigenvalue weighted by atomic mass is 9.88. The van der Waals surface area contributed by atoms with Gasteiger partial charge >= 0.3 is 0 Å². The van der Waals surface area contributed by atoms with Crippen LogP contribution < -0.4 is 0 Å². The van der Waals surface area contributed by atoms with Crippen LogP contribution in [0.15, 0.2) is 0 Å². The molecule has 0 bridgehead atoms. The molecular formula is C9H16OS.